The van der Waals surface area contributed by atoms with Gasteiger partial charge in [-0.05, 0) is 31.6 Å². The summed E-state index contributed by atoms with van der Waals surface area (Å²) in [5.74, 6) is 0.445. The Labute approximate surface area is 82.6 Å². The summed E-state index contributed by atoms with van der Waals surface area (Å²) in [4.78, 5) is 0. The van der Waals surface area contributed by atoms with Gasteiger partial charge in [-0.25, -0.2) is 0 Å². The first-order chi connectivity index (χ1) is 6.45. The predicted octanol–water partition coefficient (Wildman–Crippen LogP) is 3.53. The number of halogens is 3. The largest absolute Gasteiger partial charge is 0.417 e. The van der Waals surface area contributed by atoms with Gasteiger partial charge in [0.25, 0.3) is 0 Å². The summed E-state index contributed by atoms with van der Waals surface area (Å²) in [6, 6.07) is 0. The Morgan fingerprint density at radius 2 is 1.79 bits per heavy atom. The van der Waals surface area contributed by atoms with E-state index in [1.165, 1.54) is 7.11 Å². The molecule has 14 heavy (non-hydrogen) atoms. The van der Waals surface area contributed by atoms with Gasteiger partial charge < -0.3 is 4.74 Å². The summed E-state index contributed by atoms with van der Waals surface area (Å²) in [6.07, 6.45) is -1.76. The molecule has 0 spiro atoms. The van der Waals surface area contributed by atoms with Crippen molar-refractivity contribution in [3.63, 3.8) is 0 Å². The van der Waals surface area contributed by atoms with Gasteiger partial charge in [0.1, 0.15) is 0 Å². The fourth-order valence-corrected chi connectivity index (χ4v) is 2.16. The normalized spacial score (nSPS) is 34.5. The maximum atomic E-state index is 12.7. The molecule has 0 amide bonds. The molecule has 4 heteroatoms. The SMILES string of the molecule is CC[C@H]1CC[C@@](OC)(C(F)(F)F)CC1. The predicted molar refractivity (Wildman–Crippen MR) is 48.0 cm³/mol. The van der Waals surface area contributed by atoms with E-state index in [9.17, 15) is 13.2 Å². The van der Waals surface area contributed by atoms with E-state index in [0.717, 1.165) is 6.42 Å². The molecule has 1 aliphatic carbocycles. The smallest absolute Gasteiger partial charge is 0.369 e. The third-order valence-corrected chi connectivity index (χ3v) is 3.40. The quantitative estimate of drug-likeness (QED) is 0.677. The second-order valence-electron chi connectivity index (χ2n) is 4.05. The van der Waals surface area contributed by atoms with Crippen molar-refractivity contribution in [3.8, 4) is 0 Å². The summed E-state index contributed by atoms with van der Waals surface area (Å²) >= 11 is 0. The maximum absolute atomic E-state index is 12.7. The van der Waals surface area contributed by atoms with Gasteiger partial charge >= 0.3 is 6.18 Å². The van der Waals surface area contributed by atoms with Gasteiger partial charge in [-0.1, -0.05) is 13.3 Å². The molecule has 0 aromatic rings. The monoisotopic (exact) mass is 210 g/mol. The zero-order valence-electron chi connectivity index (χ0n) is 8.66. The molecule has 0 aromatic carbocycles. The number of rotatable bonds is 2. The topological polar surface area (TPSA) is 9.23 Å². The van der Waals surface area contributed by atoms with Crippen LogP contribution in [0.25, 0.3) is 0 Å². The average molecular weight is 210 g/mol. The van der Waals surface area contributed by atoms with E-state index < -0.39 is 11.8 Å². The van der Waals surface area contributed by atoms with Crippen LogP contribution in [-0.4, -0.2) is 18.9 Å². The molecule has 0 heterocycles. The van der Waals surface area contributed by atoms with E-state index in [0.29, 0.717) is 18.8 Å². The zero-order valence-corrected chi connectivity index (χ0v) is 8.66. The summed E-state index contributed by atoms with van der Waals surface area (Å²) in [5.41, 5.74) is -1.86. The molecule has 0 aromatic heterocycles. The van der Waals surface area contributed by atoms with E-state index in [2.05, 4.69) is 0 Å². The van der Waals surface area contributed by atoms with Crippen molar-refractivity contribution in [2.24, 2.45) is 5.92 Å². The molecule has 0 saturated heterocycles. The summed E-state index contributed by atoms with van der Waals surface area (Å²) < 4.78 is 42.8. The third-order valence-electron chi connectivity index (χ3n) is 3.40. The molecule has 1 rings (SSSR count). The first kappa shape index (κ1) is 11.8. The number of hydrogen-bond donors (Lipinski definition) is 0. The highest BCUT2D eigenvalue weighted by molar-refractivity contribution is 4.92. The van der Waals surface area contributed by atoms with Gasteiger partial charge in [-0.15, -0.1) is 0 Å². The van der Waals surface area contributed by atoms with E-state index in [1.54, 1.807) is 0 Å². The van der Waals surface area contributed by atoms with Crippen LogP contribution in [0.15, 0.2) is 0 Å². The minimum Gasteiger partial charge on any atom is -0.369 e. The van der Waals surface area contributed by atoms with Gasteiger partial charge in [0.05, 0.1) is 0 Å². The highest BCUT2D eigenvalue weighted by Crippen LogP contribution is 2.45. The molecular weight excluding hydrogens is 193 g/mol. The highest BCUT2D eigenvalue weighted by atomic mass is 19.4. The standard InChI is InChI=1S/C10H17F3O/c1-3-8-4-6-9(14-2,7-5-8)10(11,12)13/h8H,3-7H2,1-2H3/t8-,9-. The number of hydrogen-bond acceptors (Lipinski definition) is 1. The van der Waals surface area contributed by atoms with Crippen molar-refractivity contribution in [3.05, 3.63) is 0 Å². The fourth-order valence-electron chi connectivity index (χ4n) is 2.16. The second-order valence-corrected chi connectivity index (χ2v) is 4.05. The molecule has 1 nitrogen and oxygen atoms in total. The maximum Gasteiger partial charge on any atom is 0.417 e. The van der Waals surface area contributed by atoms with Crippen molar-refractivity contribution in [2.45, 2.75) is 50.8 Å². The van der Waals surface area contributed by atoms with Crippen LogP contribution in [0.5, 0.6) is 0 Å². The lowest BCUT2D eigenvalue weighted by Crippen LogP contribution is -2.49. The van der Waals surface area contributed by atoms with Crippen molar-refractivity contribution in [1.29, 1.82) is 0 Å². The van der Waals surface area contributed by atoms with Crippen molar-refractivity contribution in [1.82, 2.24) is 0 Å². The Balaban J connectivity index is 2.66. The van der Waals surface area contributed by atoms with Crippen molar-refractivity contribution in [2.75, 3.05) is 7.11 Å². The van der Waals surface area contributed by atoms with E-state index in [-0.39, 0.29) is 12.8 Å². The molecule has 0 unspecified atom stereocenters. The van der Waals surface area contributed by atoms with Gasteiger partial charge in [0, 0.05) is 7.11 Å². The van der Waals surface area contributed by atoms with Crippen LogP contribution in [0.2, 0.25) is 0 Å². The molecule has 1 aliphatic rings. The summed E-state index contributed by atoms with van der Waals surface area (Å²) in [6.45, 7) is 2.03. The van der Waals surface area contributed by atoms with Crippen LogP contribution < -0.4 is 0 Å². The van der Waals surface area contributed by atoms with Gasteiger partial charge in [0.2, 0.25) is 0 Å². The first-order valence-corrected chi connectivity index (χ1v) is 5.07. The van der Waals surface area contributed by atoms with Crippen LogP contribution in [0.3, 0.4) is 0 Å². The van der Waals surface area contributed by atoms with Gasteiger partial charge in [-0.3, -0.25) is 0 Å². The van der Waals surface area contributed by atoms with E-state index >= 15 is 0 Å². The summed E-state index contributed by atoms with van der Waals surface area (Å²) in [7, 11) is 1.17. The third kappa shape index (κ3) is 2.05. The molecule has 0 atom stereocenters. The molecule has 1 fully saturated rings. The Kier molecular flexibility index (Phi) is 3.45. The van der Waals surface area contributed by atoms with Crippen molar-refractivity contribution >= 4 is 0 Å². The van der Waals surface area contributed by atoms with Crippen LogP contribution in [-0.2, 0) is 4.74 Å². The number of methoxy groups -OCH3 is 1. The minimum atomic E-state index is -4.22. The van der Waals surface area contributed by atoms with Gasteiger partial charge in [0.15, 0.2) is 5.60 Å². The van der Waals surface area contributed by atoms with Crippen LogP contribution >= 0.6 is 0 Å². The number of alkyl halides is 3. The lowest BCUT2D eigenvalue weighted by molar-refractivity contribution is -0.281. The fraction of sp³-hybridized carbons (Fsp3) is 1.00. The molecule has 84 valence electrons. The first-order valence-electron chi connectivity index (χ1n) is 5.07. The minimum absolute atomic E-state index is 0.117. The molecule has 0 N–H and O–H groups in total. The Morgan fingerprint density at radius 1 is 1.29 bits per heavy atom. The lowest BCUT2D eigenvalue weighted by atomic mass is 9.77. The number of ether oxygens (including phenoxy) is 1. The lowest BCUT2D eigenvalue weighted by Gasteiger charge is -2.40. The Bertz CT molecular complexity index is 180. The average Bonchev–Trinajstić information content (AvgIpc) is 2.16. The highest BCUT2D eigenvalue weighted by Gasteiger charge is 2.56. The van der Waals surface area contributed by atoms with Crippen LogP contribution in [0, 0.1) is 5.92 Å². The van der Waals surface area contributed by atoms with Gasteiger partial charge in [-0.2, -0.15) is 13.2 Å². The molecule has 0 bridgehead atoms. The van der Waals surface area contributed by atoms with Crippen LogP contribution in [0.4, 0.5) is 13.2 Å². The van der Waals surface area contributed by atoms with Crippen LogP contribution in [0.1, 0.15) is 39.0 Å². The van der Waals surface area contributed by atoms with E-state index in [1.807, 2.05) is 6.92 Å². The molecule has 1 saturated carbocycles. The van der Waals surface area contributed by atoms with E-state index in [4.69, 9.17) is 4.74 Å². The summed E-state index contributed by atoms with van der Waals surface area (Å²) in [5, 5.41) is 0. The molecule has 0 radical (unpaired) electrons. The molecular formula is C10H17F3O. The Morgan fingerprint density at radius 3 is 2.07 bits per heavy atom. The second kappa shape index (κ2) is 4.09. The Hall–Kier alpha value is -0.250. The van der Waals surface area contributed by atoms with Crippen molar-refractivity contribution < 1.29 is 17.9 Å². The zero-order chi connectivity index (χ0) is 10.8. The molecule has 0 aliphatic heterocycles.